The van der Waals surface area contributed by atoms with Crippen molar-refractivity contribution in [2.24, 2.45) is 17.6 Å². The molecule has 0 saturated heterocycles. The summed E-state index contributed by atoms with van der Waals surface area (Å²) in [6, 6.07) is 6.16. The van der Waals surface area contributed by atoms with Gasteiger partial charge in [-0.25, -0.2) is 9.07 Å². The second-order valence-corrected chi connectivity index (χ2v) is 6.41. The Morgan fingerprint density at radius 2 is 2.12 bits per heavy atom. The lowest BCUT2D eigenvalue weighted by atomic mass is 9.95. The lowest BCUT2D eigenvalue weighted by Gasteiger charge is -2.17. The molecule has 1 saturated carbocycles. The van der Waals surface area contributed by atoms with Gasteiger partial charge in [0.25, 0.3) is 0 Å². The van der Waals surface area contributed by atoms with Crippen molar-refractivity contribution < 1.29 is 9.18 Å². The van der Waals surface area contributed by atoms with E-state index in [1.807, 2.05) is 13.1 Å². The summed E-state index contributed by atoms with van der Waals surface area (Å²) in [6.07, 6.45) is 4.90. The molecule has 6 heteroatoms. The predicted molar refractivity (Wildman–Crippen MR) is 90.0 cm³/mol. The van der Waals surface area contributed by atoms with Crippen LogP contribution in [0.2, 0.25) is 0 Å². The first-order valence-electron chi connectivity index (χ1n) is 8.37. The van der Waals surface area contributed by atoms with Crippen molar-refractivity contribution in [1.29, 1.82) is 0 Å². The van der Waals surface area contributed by atoms with Crippen LogP contribution in [0.15, 0.2) is 30.5 Å². The Balaban J connectivity index is 1.65. The first-order chi connectivity index (χ1) is 11.6. The van der Waals surface area contributed by atoms with E-state index in [2.05, 4.69) is 10.4 Å². The maximum Gasteiger partial charge on any atom is 0.223 e. The second kappa shape index (κ2) is 7.13. The normalized spacial score (nSPS) is 20.3. The SMILES string of the molecule is Cc1nn(-c2ccc(F)cc2)cc1CNC(=O)[C@@H]1CCC[C@@H]1CN. The number of benzene rings is 1. The molecule has 1 heterocycles. The van der Waals surface area contributed by atoms with Crippen LogP contribution >= 0.6 is 0 Å². The zero-order valence-corrected chi connectivity index (χ0v) is 13.8. The summed E-state index contributed by atoms with van der Waals surface area (Å²) in [5.74, 6) is 0.133. The van der Waals surface area contributed by atoms with Crippen molar-refractivity contribution in [2.75, 3.05) is 6.54 Å². The Morgan fingerprint density at radius 1 is 1.38 bits per heavy atom. The first-order valence-corrected chi connectivity index (χ1v) is 8.37. The van der Waals surface area contributed by atoms with Crippen molar-refractivity contribution in [1.82, 2.24) is 15.1 Å². The number of aromatic nitrogens is 2. The highest BCUT2D eigenvalue weighted by molar-refractivity contribution is 5.79. The number of carbonyl (C=O) groups is 1. The number of hydrogen-bond acceptors (Lipinski definition) is 3. The van der Waals surface area contributed by atoms with Gasteiger partial charge in [-0.15, -0.1) is 0 Å². The van der Waals surface area contributed by atoms with E-state index in [0.29, 0.717) is 19.0 Å². The quantitative estimate of drug-likeness (QED) is 0.883. The van der Waals surface area contributed by atoms with Gasteiger partial charge in [-0.2, -0.15) is 5.10 Å². The number of amides is 1. The van der Waals surface area contributed by atoms with E-state index in [1.165, 1.54) is 12.1 Å². The maximum absolute atomic E-state index is 13.0. The molecule has 1 aromatic carbocycles. The van der Waals surface area contributed by atoms with E-state index in [-0.39, 0.29) is 17.6 Å². The van der Waals surface area contributed by atoms with E-state index < -0.39 is 0 Å². The lowest BCUT2D eigenvalue weighted by molar-refractivity contribution is -0.126. The van der Waals surface area contributed by atoms with Crippen LogP contribution in [0.5, 0.6) is 0 Å². The number of nitrogens with zero attached hydrogens (tertiary/aromatic N) is 2. The molecule has 128 valence electrons. The zero-order valence-electron chi connectivity index (χ0n) is 13.8. The highest BCUT2D eigenvalue weighted by atomic mass is 19.1. The lowest BCUT2D eigenvalue weighted by Crippen LogP contribution is -2.34. The van der Waals surface area contributed by atoms with E-state index in [9.17, 15) is 9.18 Å². The molecule has 3 N–H and O–H groups in total. The predicted octanol–water partition coefficient (Wildman–Crippen LogP) is 2.31. The number of carbonyl (C=O) groups excluding carboxylic acids is 1. The van der Waals surface area contributed by atoms with Gasteiger partial charge in [0.05, 0.1) is 11.4 Å². The Kier molecular flexibility index (Phi) is 4.94. The molecule has 24 heavy (non-hydrogen) atoms. The summed E-state index contributed by atoms with van der Waals surface area (Å²) in [4.78, 5) is 12.4. The van der Waals surface area contributed by atoms with Gasteiger partial charge in [0.2, 0.25) is 5.91 Å². The fourth-order valence-electron chi connectivity index (χ4n) is 3.37. The molecule has 1 amide bonds. The third-order valence-corrected chi connectivity index (χ3v) is 4.84. The highest BCUT2D eigenvalue weighted by Gasteiger charge is 2.31. The van der Waals surface area contributed by atoms with Crippen molar-refractivity contribution in [3.8, 4) is 5.69 Å². The largest absolute Gasteiger partial charge is 0.352 e. The Labute approximate surface area is 141 Å². The number of hydrogen-bond donors (Lipinski definition) is 2. The van der Waals surface area contributed by atoms with E-state index in [0.717, 1.165) is 36.2 Å². The first kappa shape index (κ1) is 16.6. The van der Waals surface area contributed by atoms with Crippen LogP contribution in [0.25, 0.3) is 5.69 Å². The molecule has 0 bridgehead atoms. The van der Waals surface area contributed by atoms with Crippen LogP contribution in [-0.2, 0) is 11.3 Å². The van der Waals surface area contributed by atoms with Crippen LogP contribution in [0.4, 0.5) is 4.39 Å². The van der Waals surface area contributed by atoms with Gasteiger partial charge in [0.15, 0.2) is 0 Å². The molecule has 0 spiro atoms. The van der Waals surface area contributed by atoms with Crippen LogP contribution < -0.4 is 11.1 Å². The van der Waals surface area contributed by atoms with Crippen molar-refractivity contribution in [3.63, 3.8) is 0 Å². The van der Waals surface area contributed by atoms with Crippen molar-refractivity contribution in [2.45, 2.75) is 32.7 Å². The smallest absolute Gasteiger partial charge is 0.223 e. The number of aryl methyl sites for hydroxylation is 1. The van der Waals surface area contributed by atoms with E-state index in [4.69, 9.17) is 5.73 Å². The van der Waals surface area contributed by atoms with Crippen LogP contribution in [0.3, 0.4) is 0 Å². The summed E-state index contributed by atoms with van der Waals surface area (Å²) >= 11 is 0. The molecule has 1 aromatic heterocycles. The summed E-state index contributed by atoms with van der Waals surface area (Å²) in [5, 5.41) is 7.45. The Hall–Kier alpha value is -2.21. The van der Waals surface area contributed by atoms with Crippen LogP contribution in [0, 0.1) is 24.6 Å². The van der Waals surface area contributed by atoms with Crippen LogP contribution in [0.1, 0.15) is 30.5 Å². The number of rotatable bonds is 5. The third-order valence-electron chi connectivity index (χ3n) is 4.84. The third kappa shape index (κ3) is 3.48. The second-order valence-electron chi connectivity index (χ2n) is 6.41. The summed E-state index contributed by atoms with van der Waals surface area (Å²) < 4.78 is 14.7. The number of nitrogens with two attached hydrogens (primary N) is 1. The van der Waals surface area contributed by atoms with Gasteiger partial charge in [-0.05, 0) is 56.5 Å². The highest BCUT2D eigenvalue weighted by Crippen LogP contribution is 2.31. The molecule has 0 radical (unpaired) electrons. The summed E-state index contributed by atoms with van der Waals surface area (Å²) in [7, 11) is 0. The van der Waals surface area contributed by atoms with Gasteiger partial charge >= 0.3 is 0 Å². The molecule has 3 rings (SSSR count). The Bertz CT molecular complexity index is 710. The van der Waals surface area contributed by atoms with Crippen molar-refractivity contribution in [3.05, 3.63) is 47.5 Å². The zero-order chi connectivity index (χ0) is 17.1. The number of halogens is 1. The van der Waals surface area contributed by atoms with Crippen LogP contribution in [-0.4, -0.2) is 22.2 Å². The van der Waals surface area contributed by atoms with Gasteiger partial charge < -0.3 is 11.1 Å². The van der Waals surface area contributed by atoms with E-state index in [1.54, 1.807) is 16.8 Å². The molecular weight excluding hydrogens is 307 g/mol. The van der Waals surface area contributed by atoms with Gasteiger partial charge in [0, 0.05) is 24.2 Å². The molecule has 0 aliphatic heterocycles. The van der Waals surface area contributed by atoms with Gasteiger partial charge in [0.1, 0.15) is 5.82 Å². The van der Waals surface area contributed by atoms with Gasteiger partial charge in [-0.1, -0.05) is 6.42 Å². The molecule has 2 atom stereocenters. The molecule has 1 aliphatic carbocycles. The molecule has 0 unspecified atom stereocenters. The monoisotopic (exact) mass is 330 g/mol. The number of nitrogens with one attached hydrogen (secondary N) is 1. The molecule has 2 aromatic rings. The molecule has 5 nitrogen and oxygen atoms in total. The molecule has 1 fully saturated rings. The standard InChI is InChI=1S/C18H23FN4O/c1-12-14(10-21-18(24)17-4-2-3-13(17)9-20)11-23(22-12)16-7-5-15(19)6-8-16/h5-8,11,13,17H,2-4,9-10,20H2,1H3,(H,21,24)/t13-,17-/m1/s1. The van der Waals surface area contributed by atoms with Gasteiger partial charge in [-0.3, -0.25) is 4.79 Å². The van der Waals surface area contributed by atoms with Crippen molar-refractivity contribution >= 4 is 5.91 Å². The fourth-order valence-corrected chi connectivity index (χ4v) is 3.37. The maximum atomic E-state index is 13.0. The molecular formula is C18H23FN4O. The average molecular weight is 330 g/mol. The minimum atomic E-state index is -0.277. The topological polar surface area (TPSA) is 72.9 Å². The summed E-state index contributed by atoms with van der Waals surface area (Å²) in [5.41, 5.74) is 8.34. The Morgan fingerprint density at radius 3 is 2.83 bits per heavy atom. The molecule has 1 aliphatic rings. The average Bonchev–Trinajstić information content (AvgIpc) is 3.20. The minimum absolute atomic E-state index is 0.0300. The van der Waals surface area contributed by atoms with E-state index >= 15 is 0 Å². The minimum Gasteiger partial charge on any atom is -0.352 e. The fraction of sp³-hybridized carbons (Fsp3) is 0.444. The summed E-state index contributed by atoms with van der Waals surface area (Å²) in [6.45, 7) is 2.92.